The summed E-state index contributed by atoms with van der Waals surface area (Å²) in [7, 11) is 1.45. The summed E-state index contributed by atoms with van der Waals surface area (Å²) in [6.07, 6.45) is 8.26. The molecule has 0 spiro atoms. The number of carbonyl (C=O) groups is 1. The van der Waals surface area contributed by atoms with Crippen molar-refractivity contribution >= 4 is 5.97 Å². The fraction of sp³-hybridized carbons (Fsp3) is 0.750. The van der Waals surface area contributed by atoms with Crippen LogP contribution in [-0.4, -0.2) is 13.1 Å². The molecule has 0 radical (unpaired) electrons. The van der Waals surface area contributed by atoms with E-state index in [0.717, 1.165) is 19.3 Å². The number of ether oxygens (including phenoxy) is 1. The Morgan fingerprint density at radius 1 is 1.43 bits per heavy atom. The molecule has 0 aromatic heterocycles. The van der Waals surface area contributed by atoms with Crippen molar-refractivity contribution in [2.45, 2.75) is 45.4 Å². The van der Waals surface area contributed by atoms with Crippen LogP contribution in [0.4, 0.5) is 0 Å². The van der Waals surface area contributed by atoms with Crippen molar-refractivity contribution in [1.82, 2.24) is 0 Å². The second-order valence-electron chi connectivity index (χ2n) is 3.59. The first-order valence-electron chi connectivity index (χ1n) is 5.45. The number of rotatable bonds is 8. The van der Waals surface area contributed by atoms with E-state index in [-0.39, 0.29) is 11.9 Å². The molecule has 0 N–H and O–H groups in total. The number of hydrogen-bond acceptors (Lipinski definition) is 2. The normalized spacial score (nSPS) is 12.1. The minimum atomic E-state index is -0.0959. The van der Waals surface area contributed by atoms with Crippen LogP contribution >= 0.6 is 0 Å². The molecule has 0 amide bonds. The lowest BCUT2D eigenvalue weighted by Gasteiger charge is -2.11. The quantitative estimate of drug-likeness (QED) is 0.340. The van der Waals surface area contributed by atoms with Crippen LogP contribution in [-0.2, 0) is 9.53 Å². The zero-order chi connectivity index (χ0) is 10.8. The molecule has 1 atom stereocenters. The van der Waals surface area contributed by atoms with Gasteiger partial charge in [-0.2, -0.15) is 0 Å². The number of methoxy groups -OCH3 is 1. The van der Waals surface area contributed by atoms with Gasteiger partial charge in [-0.15, -0.1) is 6.58 Å². The van der Waals surface area contributed by atoms with Crippen LogP contribution in [0.3, 0.4) is 0 Å². The van der Waals surface area contributed by atoms with E-state index in [1.165, 1.54) is 26.4 Å². The van der Waals surface area contributed by atoms with Crippen molar-refractivity contribution in [3.05, 3.63) is 12.7 Å². The summed E-state index contributed by atoms with van der Waals surface area (Å²) in [5.41, 5.74) is 0. The number of carbonyl (C=O) groups excluding carboxylic acids is 1. The van der Waals surface area contributed by atoms with Gasteiger partial charge in [-0.1, -0.05) is 38.7 Å². The van der Waals surface area contributed by atoms with Gasteiger partial charge in [0, 0.05) is 0 Å². The number of allylic oxidation sites excluding steroid dienone is 1. The summed E-state index contributed by atoms with van der Waals surface area (Å²) in [5, 5.41) is 0. The van der Waals surface area contributed by atoms with Crippen molar-refractivity contribution in [3.63, 3.8) is 0 Å². The average Bonchev–Trinajstić information content (AvgIpc) is 2.21. The van der Waals surface area contributed by atoms with Crippen LogP contribution in [0.15, 0.2) is 12.7 Å². The van der Waals surface area contributed by atoms with Crippen LogP contribution in [0.5, 0.6) is 0 Å². The molecule has 0 aliphatic carbocycles. The number of hydrogen-bond donors (Lipinski definition) is 0. The van der Waals surface area contributed by atoms with Crippen molar-refractivity contribution < 1.29 is 9.53 Å². The molecule has 0 aromatic carbocycles. The highest BCUT2D eigenvalue weighted by atomic mass is 16.5. The van der Waals surface area contributed by atoms with Crippen LogP contribution in [0.25, 0.3) is 0 Å². The second kappa shape index (κ2) is 8.79. The van der Waals surface area contributed by atoms with Crippen molar-refractivity contribution in [2.75, 3.05) is 7.11 Å². The molecule has 0 saturated heterocycles. The summed E-state index contributed by atoms with van der Waals surface area (Å²) in [5.74, 6) is -0.0734. The molecule has 0 unspecified atom stereocenters. The first-order chi connectivity index (χ1) is 6.76. The Hall–Kier alpha value is -0.790. The first kappa shape index (κ1) is 13.2. The van der Waals surface area contributed by atoms with E-state index in [1.54, 1.807) is 6.08 Å². The monoisotopic (exact) mass is 198 g/mol. The lowest BCUT2D eigenvalue weighted by molar-refractivity contribution is -0.145. The van der Waals surface area contributed by atoms with E-state index in [9.17, 15) is 4.79 Å². The summed E-state index contributed by atoms with van der Waals surface area (Å²) < 4.78 is 4.74. The number of esters is 1. The Morgan fingerprint density at radius 3 is 2.64 bits per heavy atom. The topological polar surface area (TPSA) is 26.3 Å². The molecule has 0 saturated carbocycles. The predicted molar refractivity (Wildman–Crippen MR) is 59.1 cm³/mol. The van der Waals surface area contributed by atoms with Gasteiger partial charge in [-0.3, -0.25) is 4.79 Å². The van der Waals surface area contributed by atoms with E-state index in [1.807, 2.05) is 0 Å². The highest BCUT2D eigenvalue weighted by Crippen LogP contribution is 2.16. The molecule has 2 nitrogen and oxygen atoms in total. The van der Waals surface area contributed by atoms with E-state index in [2.05, 4.69) is 13.5 Å². The van der Waals surface area contributed by atoms with Gasteiger partial charge >= 0.3 is 5.97 Å². The molecule has 14 heavy (non-hydrogen) atoms. The Kier molecular flexibility index (Phi) is 8.30. The molecule has 0 heterocycles. The van der Waals surface area contributed by atoms with Crippen molar-refractivity contribution in [1.29, 1.82) is 0 Å². The Bertz CT molecular complexity index is 164. The zero-order valence-corrected chi connectivity index (χ0v) is 9.42. The maximum Gasteiger partial charge on any atom is 0.308 e. The molecule has 0 aromatic rings. The Balaban J connectivity index is 3.72. The Labute approximate surface area is 87.3 Å². The summed E-state index contributed by atoms with van der Waals surface area (Å²) >= 11 is 0. The van der Waals surface area contributed by atoms with Gasteiger partial charge in [0.05, 0.1) is 13.0 Å². The fourth-order valence-electron chi connectivity index (χ4n) is 1.52. The molecule has 82 valence electrons. The minimum Gasteiger partial charge on any atom is -0.469 e. The largest absolute Gasteiger partial charge is 0.469 e. The van der Waals surface area contributed by atoms with Crippen LogP contribution in [0, 0.1) is 5.92 Å². The molecule has 0 fully saturated rings. The predicted octanol–water partition coefficient (Wildman–Crippen LogP) is 3.32. The lowest BCUT2D eigenvalue weighted by Crippen LogP contribution is -2.15. The third-order valence-corrected chi connectivity index (χ3v) is 2.39. The molecule has 0 rings (SSSR count). The van der Waals surface area contributed by atoms with Crippen LogP contribution < -0.4 is 0 Å². The Morgan fingerprint density at radius 2 is 2.14 bits per heavy atom. The van der Waals surface area contributed by atoms with Crippen LogP contribution in [0.1, 0.15) is 45.4 Å². The maximum absolute atomic E-state index is 11.3. The van der Waals surface area contributed by atoms with Gasteiger partial charge in [-0.05, 0) is 12.8 Å². The third-order valence-electron chi connectivity index (χ3n) is 2.39. The summed E-state index contributed by atoms with van der Waals surface area (Å²) in [6.45, 7) is 5.84. The summed E-state index contributed by atoms with van der Waals surface area (Å²) in [6, 6.07) is 0. The standard InChI is InChI=1S/C12H22O2/c1-4-6-7-8-10-11(9-5-2)12(13)14-3/h5,11H,2,4,6-10H2,1,3H3/t11-/m1/s1. The smallest absolute Gasteiger partial charge is 0.308 e. The minimum absolute atomic E-state index is 0.0226. The molecular formula is C12H22O2. The molecule has 0 aliphatic heterocycles. The van der Waals surface area contributed by atoms with Crippen molar-refractivity contribution in [3.8, 4) is 0 Å². The summed E-state index contributed by atoms with van der Waals surface area (Å²) in [4.78, 5) is 11.3. The highest BCUT2D eigenvalue weighted by Gasteiger charge is 2.16. The van der Waals surface area contributed by atoms with E-state index in [4.69, 9.17) is 4.74 Å². The molecule has 0 aliphatic rings. The van der Waals surface area contributed by atoms with Gasteiger partial charge in [0.1, 0.15) is 0 Å². The van der Waals surface area contributed by atoms with Gasteiger partial charge in [0.2, 0.25) is 0 Å². The lowest BCUT2D eigenvalue weighted by atomic mass is 9.98. The molecular weight excluding hydrogens is 176 g/mol. The average molecular weight is 198 g/mol. The highest BCUT2D eigenvalue weighted by molar-refractivity contribution is 5.72. The number of unbranched alkanes of at least 4 members (excludes halogenated alkanes) is 3. The zero-order valence-electron chi connectivity index (χ0n) is 9.42. The van der Waals surface area contributed by atoms with Gasteiger partial charge < -0.3 is 4.74 Å². The van der Waals surface area contributed by atoms with E-state index < -0.39 is 0 Å². The van der Waals surface area contributed by atoms with E-state index >= 15 is 0 Å². The van der Waals surface area contributed by atoms with Crippen molar-refractivity contribution in [2.24, 2.45) is 5.92 Å². The maximum atomic E-state index is 11.3. The van der Waals surface area contributed by atoms with Gasteiger partial charge in [0.25, 0.3) is 0 Å². The van der Waals surface area contributed by atoms with Crippen LogP contribution in [0.2, 0.25) is 0 Å². The second-order valence-corrected chi connectivity index (χ2v) is 3.59. The molecule has 0 bridgehead atoms. The van der Waals surface area contributed by atoms with E-state index in [0.29, 0.717) is 0 Å². The molecule has 2 heteroatoms. The van der Waals surface area contributed by atoms with Gasteiger partial charge in [-0.25, -0.2) is 0 Å². The first-order valence-corrected chi connectivity index (χ1v) is 5.45. The third kappa shape index (κ3) is 5.79. The SMILES string of the molecule is C=CC[C@H](CCCCCC)C(=O)OC. The fourth-order valence-corrected chi connectivity index (χ4v) is 1.52. The van der Waals surface area contributed by atoms with Gasteiger partial charge in [0.15, 0.2) is 0 Å².